The van der Waals surface area contributed by atoms with E-state index >= 15 is 0 Å². The van der Waals surface area contributed by atoms with Gasteiger partial charge >= 0.3 is 5.97 Å². The van der Waals surface area contributed by atoms with Crippen LogP contribution in [0.25, 0.3) is 0 Å². The summed E-state index contributed by atoms with van der Waals surface area (Å²) in [6.07, 6.45) is 10.9. The van der Waals surface area contributed by atoms with Crippen LogP contribution < -0.4 is 0 Å². The van der Waals surface area contributed by atoms with E-state index in [4.69, 9.17) is 0 Å². The van der Waals surface area contributed by atoms with E-state index in [0.29, 0.717) is 5.92 Å². The van der Waals surface area contributed by atoms with Crippen LogP contribution in [0.5, 0.6) is 0 Å². The Morgan fingerprint density at radius 3 is 2.82 bits per heavy atom. The van der Waals surface area contributed by atoms with Crippen LogP contribution in [0, 0.1) is 5.92 Å². The molecule has 28 heavy (non-hydrogen) atoms. The van der Waals surface area contributed by atoms with Gasteiger partial charge in [-0.05, 0) is 39.0 Å². The Balaban J connectivity index is 1.27. The summed E-state index contributed by atoms with van der Waals surface area (Å²) in [5.41, 5.74) is 0. The summed E-state index contributed by atoms with van der Waals surface area (Å²) in [5.74, 6) is -0.397. The van der Waals surface area contributed by atoms with E-state index in [9.17, 15) is 14.7 Å². The molecule has 9 heteroatoms. The number of amides is 1. The average molecular weight is 406 g/mol. The first-order valence-electron chi connectivity index (χ1n) is 9.83. The van der Waals surface area contributed by atoms with Crippen molar-refractivity contribution >= 4 is 30.0 Å². The van der Waals surface area contributed by atoms with Crippen molar-refractivity contribution in [3.63, 3.8) is 0 Å². The Kier molecular flexibility index (Phi) is 5.11. The summed E-state index contributed by atoms with van der Waals surface area (Å²) in [5, 5.41) is 9.32. The molecule has 4 heterocycles. The third-order valence-electron chi connectivity index (χ3n) is 6.04. The van der Waals surface area contributed by atoms with Crippen molar-refractivity contribution in [1.82, 2.24) is 19.4 Å². The second-order valence-corrected chi connectivity index (χ2v) is 10.1. The monoisotopic (exact) mass is 405 g/mol. The lowest BCUT2D eigenvalue weighted by molar-refractivity contribution is -0.158. The summed E-state index contributed by atoms with van der Waals surface area (Å²) in [7, 11) is 0. The molecule has 3 atom stereocenters. The van der Waals surface area contributed by atoms with Gasteiger partial charge in [-0.1, -0.05) is 0 Å². The van der Waals surface area contributed by atoms with Crippen molar-refractivity contribution in [2.75, 3.05) is 13.1 Å². The number of imidazole rings is 1. The largest absolute Gasteiger partial charge is 0.480 e. The second-order valence-electron chi connectivity index (χ2n) is 8.38. The molecule has 1 aromatic rings. The molecule has 0 unspecified atom stereocenters. The molecule has 3 aliphatic rings. The molecule has 3 aliphatic heterocycles. The predicted molar refractivity (Wildman–Crippen MR) is 107 cm³/mol. The van der Waals surface area contributed by atoms with E-state index in [-0.39, 0.29) is 11.3 Å². The number of aromatic nitrogens is 2. The number of carboxylic acids is 1. The summed E-state index contributed by atoms with van der Waals surface area (Å²) in [6, 6.07) is -1.22. The molecule has 8 nitrogen and oxygen atoms in total. The maximum atomic E-state index is 12.5. The first-order valence-corrected chi connectivity index (χ1v) is 10.7. The molecule has 1 N–H and O–H groups in total. The van der Waals surface area contributed by atoms with Gasteiger partial charge in [-0.15, -0.1) is 11.8 Å². The predicted octanol–water partition coefficient (Wildman–Crippen LogP) is 1.53. The number of carbonyl (C=O) groups excluding carboxylic acids is 1. The lowest BCUT2D eigenvalue weighted by atomic mass is 9.94. The van der Waals surface area contributed by atoms with E-state index in [2.05, 4.69) is 19.4 Å². The number of likely N-dealkylation sites (tertiary alicyclic amines) is 1. The van der Waals surface area contributed by atoms with E-state index in [0.717, 1.165) is 38.9 Å². The molecule has 0 aromatic carbocycles. The first-order chi connectivity index (χ1) is 13.4. The normalized spacial score (nSPS) is 29.9. The van der Waals surface area contributed by atoms with Crippen LogP contribution in [0.4, 0.5) is 0 Å². The number of hydrogen-bond donors (Lipinski definition) is 1. The summed E-state index contributed by atoms with van der Waals surface area (Å²) >= 11 is 1.54. The zero-order chi connectivity index (χ0) is 19.9. The van der Waals surface area contributed by atoms with Gasteiger partial charge in [-0.2, -0.15) is 0 Å². The molecule has 3 fully saturated rings. The van der Waals surface area contributed by atoms with Crippen LogP contribution in [0.1, 0.15) is 33.1 Å². The number of nitrogens with zero attached hydrogens (tertiary/aromatic N) is 5. The Morgan fingerprint density at radius 1 is 1.43 bits per heavy atom. The van der Waals surface area contributed by atoms with Gasteiger partial charge in [0.1, 0.15) is 11.4 Å². The van der Waals surface area contributed by atoms with Crippen LogP contribution in [-0.4, -0.2) is 78.0 Å². The molecule has 0 spiro atoms. The van der Waals surface area contributed by atoms with E-state index in [1.807, 2.05) is 38.9 Å². The van der Waals surface area contributed by atoms with Crippen LogP contribution in [0.15, 0.2) is 23.7 Å². The Morgan fingerprint density at radius 2 is 2.18 bits per heavy atom. The van der Waals surface area contributed by atoms with Crippen molar-refractivity contribution in [2.45, 2.75) is 61.9 Å². The van der Waals surface area contributed by atoms with Gasteiger partial charge < -0.3 is 19.5 Å². The van der Waals surface area contributed by atoms with E-state index < -0.39 is 22.8 Å². The molecule has 0 saturated carbocycles. The second kappa shape index (κ2) is 7.42. The number of thioether (sulfide) groups is 1. The zero-order valence-corrected chi connectivity index (χ0v) is 17.1. The molecule has 1 aromatic heterocycles. The molecule has 0 bridgehead atoms. The van der Waals surface area contributed by atoms with Gasteiger partial charge in [-0.25, -0.2) is 9.78 Å². The highest BCUT2D eigenvalue weighted by Gasteiger charge is 2.63. The third kappa shape index (κ3) is 3.52. The van der Waals surface area contributed by atoms with Crippen molar-refractivity contribution in [2.24, 2.45) is 10.9 Å². The molecule has 4 rings (SSSR count). The maximum Gasteiger partial charge on any atom is 0.327 e. The van der Waals surface area contributed by atoms with Crippen LogP contribution >= 0.6 is 11.8 Å². The fraction of sp³-hybridized carbons (Fsp3) is 0.684. The lowest BCUT2D eigenvalue weighted by Gasteiger charge is -2.41. The molecule has 152 valence electrons. The molecular weight excluding hydrogens is 378 g/mol. The minimum absolute atomic E-state index is 0.160. The lowest BCUT2D eigenvalue weighted by Crippen LogP contribution is -2.65. The molecular formula is C19H27N5O3S. The smallest absolute Gasteiger partial charge is 0.327 e. The Labute approximate surface area is 169 Å². The number of rotatable bonds is 6. The minimum Gasteiger partial charge on any atom is -0.480 e. The molecule has 0 aliphatic carbocycles. The molecule has 0 radical (unpaired) electrons. The average Bonchev–Trinajstić information content (AvgIpc) is 3.25. The zero-order valence-electron chi connectivity index (χ0n) is 16.3. The quantitative estimate of drug-likeness (QED) is 0.438. The summed E-state index contributed by atoms with van der Waals surface area (Å²) < 4.78 is 1.62. The number of hydrogen-bond acceptors (Lipinski definition) is 5. The van der Waals surface area contributed by atoms with E-state index in [1.54, 1.807) is 11.8 Å². The third-order valence-corrected chi connectivity index (χ3v) is 7.60. The molecule has 3 saturated heterocycles. The highest BCUT2D eigenvalue weighted by Crippen LogP contribution is 2.51. The first kappa shape index (κ1) is 19.3. The Bertz CT molecular complexity index is 758. The summed E-state index contributed by atoms with van der Waals surface area (Å²) in [6.45, 7) is 6.67. The number of carboxylic acid groups (broad SMARTS) is 1. The summed E-state index contributed by atoms with van der Waals surface area (Å²) in [4.78, 5) is 36.3. The number of aliphatic imine (C=N–C) groups is 1. The van der Waals surface area contributed by atoms with Crippen molar-refractivity contribution in [3.05, 3.63) is 18.7 Å². The fourth-order valence-corrected chi connectivity index (χ4v) is 6.02. The molecule has 1 amide bonds. The van der Waals surface area contributed by atoms with Gasteiger partial charge in [-0.3, -0.25) is 9.79 Å². The van der Waals surface area contributed by atoms with Crippen LogP contribution in [-0.2, 0) is 16.1 Å². The van der Waals surface area contributed by atoms with Gasteiger partial charge in [0.25, 0.3) is 5.91 Å². The fourth-order valence-electron chi connectivity index (χ4n) is 4.40. The minimum atomic E-state index is -0.937. The van der Waals surface area contributed by atoms with Crippen molar-refractivity contribution < 1.29 is 14.7 Å². The SMILES string of the molecule is CC1(C)S[C@@H]2[C@H](N=CN3CCC(CCn4ccnc4)CC3)C(=O)N2[C@H]1C(=O)O. The topological polar surface area (TPSA) is 91.0 Å². The van der Waals surface area contributed by atoms with Crippen molar-refractivity contribution in [3.8, 4) is 0 Å². The van der Waals surface area contributed by atoms with Gasteiger partial charge in [0.15, 0.2) is 6.04 Å². The van der Waals surface area contributed by atoms with Gasteiger partial charge in [0.05, 0.1) is 12.7 Å². The Hall–Kier alpha value is -2.03. The van der Waals surface area contributed by atoms with Crippen molar-refractivity contribution in [1.29, 1.82) is 0 Å². The van der Waals surface area contributed by atoms with E-state index in [1.165, 1.54) is 4.90 Å². The number of aryl methyl sites for hydroxylation is 1. The van der Waals surface area contributed by atoms with Crippen LogP contribution in [0.3, 0.4) is 0 Å². The number of β-lactam (4-membered cyclic amide) rings is 1. The number of piperidine rings is 1. The standard InChI is InChI=1S/C19H27N5O3S/c1-19(2)15(18(26)27)24-16(25)14(17(24)28-19)21-12-22-7-3-13(4-8-22)5-9-23-10-6-20-11-23/h6,10-15,17H,3-5,7-9H2,1-2H3,(H,26,27)/t14-,15+,17-/m1/s1. The van der Waals surface area contributed by atoms with Gasteiger partial charge in [0.2, 0.25) is 0 Å². The highest BCUT2D eigenvalue weighted by atomic mass is 32.2. The maximum absolute atomic E-state index is 12.5. The number of carbonyl (C=O) groups is 2. The van der Waals surface area contributed by atoms with Crippen LogP contribution in [0.2, 0.25) is 0 Å². The number of aliphatic carboxylic acids is 1. The highest BCUT2D eigenvalue weighted by molar-refractivity contribution is 8.01. The van der Waals surface area contributed by atoms with Gasteiger partial charge in [0, 0.05) is 36.8 Å². The number of fused-ring (bicyclic) bond motifs is 1.